The summed E-state index contributed by atoms with van der Waals surface area (Å²) in [5.74, 6) is 1.02. The van der Waals surface area contributed by atoms with Crippen LogP contribution in [0.25, 0.3) is 0 Å². The highest BCUT2D eigenvalue weighted by Gasteiger charge is 2.31. The second-order valence-electron chi connectivity index (χ2n) is 6.23. The molecule has 7 heteroatoms. The van der Waals surface area contributed by atoms with Gasteiger partial charge in [0.2, 0.25) is 10.0 Å². The monoisotopic (exact) mass is 334 g/mol. The molecule has 1 aromatic heterocycles. The van der Waals surface area contributed by atoms with Crippen LogP contribution in [0.4, 0.5) is 0 Å². The van der Waals surface area contributed by atoms with Crippen LogP contribution in [0.1, 0.15) is 5.82 Å². The van der Waals surface area contributed by atoms with E-state index in [4.69, 9.17) is 0 Å². The summed E-state index contributed by atoms with van der Waals surface area (Å²) in [4.78, 5) is 6.76. The minimum atomic E-state index is -3.51. The Hall–Kier alpha value is -1.70. The molecule has 2 aromatic rings. The van der Waals surface area contributed by atoms with Crippen LogP contribution < -0.4 is 0 Å². The zero-order valence-electron chi connectivity index (χ0n) is 13.5. The van der Waals surface area contributed by atoms with Gasteiger partial charge in [0.15, 0.2) is 0 Å². The van der Waals surface area contributed by atoms with Crippen LogP contribution in [0.15, 0.2) is 47.6 Å². The summed E-state index contributed by atoms with van der Waals surface area (Å²) in [6, 6.07) is 8.62. The van der Waals surface area contributed by atoms with E-state index in [-0.39, 0.29) is 5.92 Å². The number of rotatable bonds is 4. The summed E-state index contributed by atoms with van der Waals surface area (Å²) < 4.78 is 29.6. The molecular formula is C16H22N4O2S. The molecule has 23 heavy (non-hydrogen) atoms. The Morgan fingerprint density at radius 1 is 1.22 bits per heavy atom. The molecule has 0 saturated carbocycles. The number of imidazole rings is 1. The first-order valence-electron chi connectivity index (χ1n) is 7.67. The average molecular weight is 334 g/mol. The maximum atomic E-state index is 13.0. The van der Waals surface area contributed by atoms with Crippen molar-refractivity contribution in [3.63, 3.8) is 0 Å². The Morgan fingerprint density at radius 3 is 2.65 bits per heavy atom. The van der Waals surface area contributed by atoms with Gasteiger partial charge < -0.3 is 9.47 Å². The normalized spacial score (nSPS) is 19.5. The molecule has 0 bridgehead atoms. The zero-order valence-corrected chi connectivity index (χ0v) is 14.3. The highest BCUT2D eigenvalue weighted by molar-refractivity contribution is 7.89. The van der Waals surface area contributed by atoms with Gasteiger partial charge in [0, 0.05) is 37.9 Å². The Bertz CT molecular complexity index is 755. The molecule has 0 N–H and O–H groups in total. The van der Waals surface area contributed by atoms with E-state index in [0.717, 1.165) is 18.9 Å². The number of nitrogens with zero attached hydrogens (tertiary/aromatic N) is 4. The lowest BCUT2D eigenvalue weighted by Gasteiger charge is -2.25. The van der Waals surface area contributed by atoms with Crippen molar-refractivity contribution in [2.24, 2.45) is 5.92 Å². The quantitative estimate of drug-likeness (QED) is 0.845. The molecule has 0 unspecified atom stereocenters. The van der Waals surface area contributed by atoms with Gasteiger partial charge >= 0.3 is 0 Å². The highest BCUT2D eigenvalue weighted by atomic mass is 32.2. The third-order valence-electron chi connectivity index (χ3n) is 4.04. The molecule has 1 atom stereocenters. The van der Waals surface area contributed by atoms with Crippen molar-refractivity contribution in [2.75, 3.05) is 27.2 Å². The van der Waals surface area contributed by atoms with Gasteiger partial charge in [0.05, 0.1) is 11.4 Å². The van der Waals surface area contributed by atoms with Crippen LogP contribution in [0.3, 0.4) is 0 Å². The van der Waals surface area contributed by atoms with Crippen molar-refractivity contribution in [2.45, 2.75) is 18.0 Å². The number of hydrogen-bond acceptors (Lipinski definition) is 4. The van der Waals surface area contributed by atoms with E-state index in [1.54, 1.807) is 34.8 Å². The van der Waals surface area contributed by atoms with Crippen molar-refractivity contribution in [3.8, 4) is 0 Å². The van der Waals surface area contributed by atoms with E-state index in [2.05, 4.69) is 14.5 Å². The molecule has 0 fully saturated rings. The first kappa shape index (κ1) is 16.2. The van der Waals surface area contributed by atoms with E-state index >= 15 is 0 Å². The molecule has 1 aliphatic heterocycles. The van der Waals surface area contributed by atoms with Gasteiger partial charge in [-0.25, -0.2) is 13.4 Å². The summed E-state index contributed by atoms with van der Waals surface area (Å²) in [6.07, 6.45) is 3.66. The number of aromatic nitrogens is 2. The molecular weight excluding hydrogens is 312 g/mol. The molecule has 2 heterocycles. The van der Waals surface area contributed by atoms with Gasteiger partial charge in [-0.05, 0) is 26.2 Å². The Kier molecular flexibility index (Phi) is 4.52. The van der Waals surface area contributed by atoms with Crippen LogP contribution in [0.5, 0.6) is 0 Å². The van der Waals surface area contributed by atoms with Crippen molar-refractivity contribution >= 4 is 10.0 Å². The number of hydrogen-bond donors (Lipinski definition) is 0. The van der Waals surface area contributed by atoms with Crippen molar-refractivity contribution in [1.29, 1.82) is 0 Å². The zero-order chi connectivity index (χ0) is 16.4. The van der Waals surface area contributed by atoms with Crippen molar-refractivity contribution < 1.29 is 8.42 Å². The largest absolute Gasteiger partial charge is 0.333 e. The number of fused-ring (bicyclic) bond motifs is 1. The van der Waals surface area contributed by atoms with Crippen LogP contribution in [0.2, 0.25) is 0 Å². The second kappa shape index (κ2) is 6.43. The molecule has 6 nitrogen and oxygen atoms in total. The molecule has 0 spiro atoms. The van der Waals surface area contributed by atoms with Crippen molar-refractivity contribution in [1.82, 2.24) is 18.8 Å². The van der Waals surface area contributed by atoms with Crippen molar-refractivity contribution in [3.05, 3.63) is 48.5 Å². The highest BCUT2D eigenvalue weighted by Crippen LogP contribution is 2.23. The maximum absolute atomic E-state index is 13.0. The third-order valence-corrected chi connectivity index (χ3v) is 5.87. The lowest BCUT2D eigenvalue weighted by molar-refractivity contribution is 0.264. The first-order valence-corrected chi connectivity index (χ1v) is 9.11. The summed E-state index contributed by atoms with van der Waals surface area (Å²) in [5.41, 5.74) is 0. The van der Waals surface area contributed by atoms with Gasteiger partial charge in [0.25, 0.3) is 0 Å². The third kappa shape index (κ3) is 3.46. The van der Waals surface area contributed by atoms with Crippen LogP contribution in [-0.4, -0.2) is 54.4 Å². The van der Waals surface area contributed by atoms with Crippen LogP contribution in [0, 0.1) is 5.92 Å². The predicted molar refractivity (Wildman–Crippen MR) is 88.3 cm³/mol. The first-order chi connectivity index (χ1) is 11.0. The van der Waals surface area contributed by atoms with Gasteiger partial charge in [-0.2, -0.15) is 4.31 Å². The van der Waals surface area contributed by atoms with E-state index in [9.17, 15) is 8.42 Å². The fraction of sp³-hybridized carbons (Fsp3) is 0.438. The lowest BCUT2D eigenvalue weighted by atomic mass is 10.1. The Morgan fingerprint density at radius 2 is 1.96 bits per heavy atom. The summed E-state index contributed by atoms with van der Waals surface area (Å²) in [7, 11) is 0.506. The number of sulfonamides is 1. The van der Waals surface area contributed by atoms with Gasteiger partial charge in [-0.15, -0.1) is 0 Å². The minimum absolute atomic E-state index is 0.221. The molecule has 0 radical (unpaired) electrons. The van der Waals surface area contributed by atoms with E-state index in [1.807, 2.05) is 26.4 Å². The summed E-state index contributed by atoms with van der Waals surface area (Å²) in [5, 5.41) is 0. The molecule has 1 aliphatic rings. The van der Waals surface area contributed by atoms with Gasteiger partial charge in [0.1, 0.15) is 5.82 Å². The van der Waals surface area contributed by atoms with Crippen LogP contribution >= 0.6 is 0 Å². The molecule has 1 aromatic carbocycles. The molecule has 0 saturated heterocycles. The van der Waals surface area contributed by atoms with E-state index < -0.39 is 10.0 Å². The lowest BCUT2D eigenvalue weighted by Crippen LogP contribution is -2.37. The SMILES string of the molecule is CN(C)C[C@@H]1CN(S(=O)(=O)c2ccccc2)Cc2nccn2C1. The van der Waals surface area contributed by atoms with Gasteiger partial charge in [-0.1, -0.05) is 18.2 Å². The minimum Gasteiger partial charge on any atom is -0.333 e. The number of benzene rings is 1. The average Bonchev–Trinajstić information content (AvgIpc) is 2.86. The summed E-state index contributed by atoms with van der Waals surface area (Å²) >= 11 is 0. The smallest absolute Gasteiger partial charge is 0.243 e. The van der Waals surface area contributed by atoms with Gasteiger partial charge in [-0.3, -0.25) is 0 Å². The molecule has 124 valence electrons. The molecule has 0 amide bonds. The predicted octanol–water partition coefficient (Wildman–Crippen LogP) is 1.27. The summed E-state index contributed by atoms with van der Waals surface area (Å²) in [6.45, 7) is 2.43. The standard InChI is InChI=1S/C16H22N4O2S/c1-18(2)10-14-11-19-9-8-17-16(19)13-20(12-14)23(21,22)15-6-4-3-5-7-15/h3-9,14H,10-13H2,1-2H3/t14-/m0/s1. The Labute approximate surface area is 137 Å². The van der Waals surface area contributed by atoms with E-state index in [0.29, 0.717) is 18.0 Å². The fourth-order valence-corrected chi connectivity index (χ4v) is 4.55. The Balaban J connectivity index is 1.95. The topological polar surface area (TPSA) is 58.4 Å². The van der Waals surface area contributed by atoms with E-state index in [1.165, 1.54) is 0 Å². The van der Waals surface area contributed by atoms with Crippen LogP contribution in [-0.2, 0) is 23.1 Å². The second-order valence-corrected chi connectivity index (χ2v) is 8.17. The molecule has 3 rings (SSSR count). The fourth-order valence-electron chi connectivity index (χ4n) is 3.06. The maximum Gasteiger partial charge on any atom is 0.243 e. The molecule has 0 aliphatic carbocycles.